The zero-order chi connectivity index (χ0) is 23.8. The summed E-state index contributed by atoms with van der Waals surface area (Å²) < 4.78 is 16.7. The number of carbonyl (C=O) groups excluding carboxylic acids is 1. The van der Waals surface area contributed by atoms with Gasteiger partial charge in [0.05, 0.1) is 17.7 Å². The minimum Gasteiger partial charge on any atom is -0.490 e. The Hall–Kier alpha value is -3.83. The zero-order valence-corrected chi connectivity index (χ0v) is 19.2. The van der Waals surface area contributed by atoms with Crippen LogP contribution in [0.4, 0.5) is 10.5 Å². The van der Waals surface area contributed by atoms with Crippen molar-refractivity contribution in [3.8, 4) is 23.3 Å². The van der Waals surface area contributed by atoms with E-state index in [4.69, 9.17) is 14.2 Å². The topological polar surface area (TPSA) is 106 Å². The van der Waals surface area contributed by atoms with Crippen LogP contribution in [0.3, 0.4) is 0 Å². The number of nitrogens with one attached hydrogen (secondary N) is 2. The fourth-order valence-corrected chi connectivity index (χ4v) is 4.01. The quantitative estimate of drug-likeness (QED) is 0.437. The van der Waals surface area contributed by atoms with Gasteiger partial charge in [-0.3, -0.25) is 4.98 Å². The maximum atomic E-state index is 12.3. The molecule has 1 fully saturated rings. The number of amides is 2. The fourth-order valence-electron chi connectivity index (χ4n) is 4.01. The number of rotatable bonds is 8. The van der Waals surface area contributed by atoms with Crippen molar-refractivity contribution in [3.05, 3.63) is 54.2 Å². The minimum absolute atomic E-state index is 0.187. The number of nitriles is 1. The largest absolute Gasteiger partial charge is 0.490 e. The van der Waals surface area contributed by atoms with E-state index in [1.807, 2.05) is 0 Å². The molecule has 2 N–H and O–H groups in total. The molecule has 3 aromatic rings. The molecule has 34 heavy (non-hydrogen) atoms. The van der Waals surface area contributed by atoms with Gasteiger partial charge in [-0.25, -0.2) is 4.79 Å². The molecule has 176 valence electrons. The Labute approximate surface area is 198 Å². The number of pyridine rings is 1. The number of nitrogens with zero attached hydrogens (tertiary/aromatic N) is 2. The zero-order valence-electron chi connectivity index (χ0n) is 19.2. The van der Waals surface area contributed by atoms with E-state index in [1.165, 1.54) is 19.3 Å². The van der Waals surface area contributed by atoms with Gasteiger partial charge in [0.2, 0.25) is 0 Å². The van der Waals surface area contributed by atoms with Crippen LogP contribution in [0.25, 0.3) is 10.9 Å². The van der Waals surface area contributed by atoms with E-state index in [1.54, 1.807) is 55.8 Å². The van der Waals surface area contributed by atoms with Crippen LogP contribution < -0.4 is 20.1 Å². The van der Waals surface area contributed by atoms with Crippen LogP contribution in [0.5, 0.6) is 17.2 Å². The van der Waals surface area contributed by atoms with Crippen molar-refractivity contribution in [2.75, 3.05) is 25.6 Å². The molecule has 1 aliphatic rings. The third kappa shape index (κ3) is 5.94. The molecule has 8 heteroatoms. The number of carbonyl (C=O) groups is 1. The predicted molar refractivity (Wildman–Crippen MR) is 129 cm³/mol. The number of aromatic nitrogens is 1. The molecule has 0 radical (unpaired) electrons. The second kappa shape index (κ2) is 11.3. The third-order valence-corrected chi connectivity index (χ3v) is 5.75. The van der Waals surface area contributed by atoms with Gasteiger partial charge in [-0.05, 0) is 49.2 Å². The molecule has 1 heterocycles. The van der Waals surface area contributed by atoms with Crippen molar-refractivity contribution in [1.29, 1.82) is 5.26 Å². The smallest absolute Gasteiger partial charge is 0.319 e. The SMILES string of the molecule is COCCOc1cc2nccc(Oc3ccc(NC(=O)NC4CCCCC4)cc3)c2cc1C#N. The van der Waals surface area contributed by atoms with Gasteiger partial charge >= 0.3 is 6.03 Å². The highest BCUT2D eigenvalue weighted by Gasteiger charge is 2.16. The highest BCUT2D eigenvalue weighted by atomic mass is 16.5. The number of hydrogen-bond acceptors (Lipinski definition) is 6. The van der Waals surface area contributed by atoms with E-state index >= 15 is 0 Å². The Morgan fingerprint density at radius 1 is 1.09 bits per heavy atom. The Bertz CT molecular complexity index is 1170. The summed E-state index contributed by atoms with van der Waals surface area (Å²) in [5, 5.41) is 16.2. The molecule has 0 atom stereocenters. The molecule has 0 aliphatic heterocycles. The predicted octanol–water partition coefficient (Wildman–Crippen LogP) is 5.38. The van der Waals surface area contributed by atoms with Crippen molar-refractivity contribution in [2.24, 2.45) is 0 Å². The summed E-state index contributed by atoms with van der Waals surface area (Å²) in [5.74, 6) is 1.63. The highest BCUT2D eigenvalue weighted by Crippen LogP contribution is 2.33. The first-order valence-electron chi connectivity index (χ1n) is 11.5. The lowest BCUT2D eigenvalue weighted by Crippen LogP contribution is -2.38. The average molecular weight is 461 g/mol. The number of benzene rings is 2. The van der Waals surface area contributed by atoms with Gasteiger partial charge in [0, 0.05) is 36.5 Å². The molecule has 0 spiro atoms. The summed E-state index contributed by atoms with van der Waals surface area (Å²) in [6.45, 7) is 0.762. The number of ether oxygens (including phenoxy) is 3. The molecule has 2 amide bonds. The molecule has 1 aromatic heterocycles. The van der Waals surface area contributed by atoms with Gasteiger partial charge in [0.1, 0.15) is 29.9 Å². The van der Waals surface area contributed by atoms with Crippen LogP contribution in [0.2, 0.25) is 0 Å². The molecule has 0 bridgehead atoms. The van der Waals surface area contributed by atoms with Crippen molar-refractivity contribution in [3.63, 3.8) is 0 Å². The van der Waals surface area contributed by atoms with Crippen LogP contribution >= 0.6 is 0 Å². The van der Waals surface area contributed by atoms with E-state index in [9.17, 15) is 10.1 Å². The minimum atomic E-state index is -0.187. The van der Waals surface area contributed by atoms with Crippen molar-refractivity contribution in [2.45, 2.75) is 38.1 Å². The Balaban J connectivity index is 1.44. The van der Waals surface area contributed by atoms with Gasteiger partial charge in [-0.1, -0.05) is 19.3 Å². The molecule has 1 saturated carbocycles. The normalized spacial score (nSPS) is 13.8. The Morgan fingerprint density at radius 3 is 2.62 bits per heavy atom. The summed E-state index contributed by atoms with van der Waals surface area (Å²) >= 11 is 0. The molecule has 0 saturated heterocycles. The number of anilines is 1. The highest BCUT2D eigenvalue weighted by molar-refractivity contribution is 5.90. The van der Waals surface area contributed by atoms with Crippen LogP contribution in [0.1, 0.15) is 37.7 Å². The number of fused-ring (bicyclic) bond motifs is 1. The average Bonchev–Trinajstić information content (AvgIpc) is 2.85. The molecular weight excluding hydrogens is 432 g/mol. The summed E-state index contributed by atoms with van der Waals surface area (Å²) in [7, 11) is 1.59. The van der Waals surface area contributed by atoms with Crippen LogP contribution in [-0.2, 0) is 4.74 Å². The number of methoxy groups -OCH3 is 1. The molecule has 2 aromatic carbocycles. The van der Waals surface area contributed by atoms with E-state index < -0.39 is 0 Å². The lowest BCUT2D eigenvalue weighted by molar-refractivity contribution is 0.146. The lowest BCUT2D eigenvalue weighted by atomic mass is 9.96. The first-order valence-corrected chi connectivity index (χ1v) is 11.5. The standard InChI is InChI=1S/C26H28N4O4/c1-32-13-14-33-25-16-23-22(15-18(25)17-27)24(11-12-28-23)34-21-9-7-20(8-10-21)30-26(31)29-19-5-3-2-4-6-19/h7-12,15-16,19H,2-6,13-14H2,1H3,(H2,29,30,31). The fraction of sp³-hybridized carbons (Fsp3) is 0.346. The first kappa shape index (κ1) is 23.3. The molecule has 4 rings (SSSR count). The van der Waals surface area contributed by atoms with E-state index in [0.717, 1.165) is 12.8 Å². The Kier molecular flexibility index (Phi) is 7.79. The van der Waals surface area contributed by atoms with Crippen molar-refractivity contribution in [1.82, 2.24) is 10.3 Å². The van der Waals surface area contributed by atoms with Gasteiger partial charge in [-0.15, -0.1) is 0 Å². The maximum Gasteiger partial charge on any atom is 0.319 e. The van der Waals surface area contributed by atoms with Crippen LogP contribution in [0, 0.1) is 11.3 Å². The summed E-state index contributed by atoms with van der Waals surface area (Å²) in [6.07, 6.45) is 7.30. The first-order chi connectivity index (χ1) is 16.7. The lowest BCUT2D eigenvalue weighted by Gasteiger charge is -2.22. The molecule has 1 aliphatic carbocycles. The van der Waals surface area contributed by atoms with Gasteiger partial charge in [0.25, 0.3) is 0 Å². The van der Waals surface area contributed by atoms with Crippen LogP contribution in [0.15, 0.2) is 48.7 Å². The monoisotopic (exact) mass is 460 g/mol. The van der Waals surface area contributed by atoms with E-state index in [-0.39, 0.29) is 12.1 Å². The van der Waals surface area contributed by atoms with E-state index in [0.29, 0.717) is 52.6 Å². The summed E-state index contributed by atoms with van der Waals surface area (Å²) in [4.78, 5) is 16.7. The summed E-state index contributed by atoms with van der Waals surface area (Å²) in [6, 6.07) is 14.6. The van der Waals surface area contributed by atoms with Gasteiger partial charge < -0.3 is 24.8 Å². The summed E-state index contributed by atoms with van der Waals surface area (Å²) in [5.41, 5.74) is 1.73. The van der Waals surface area contributed by atoms with E-state index in [2.05, 4.69) is 21.7 Å². The second-order valence-corrected chi connectivity index (χ2v) is 8.19. The second-order valence-electron chi connectivity index (χ2n) is 8.19. The Morgan fingerprint density at radius 2 is 1.88 bits per heavy atom. The molecular formula is C26H28N4O4. The van der Waals surface area contributed by atoms with Gasteiger partial charge in [-0.2, -0.15) is 5.26 Å². The number of urea groups is 1. The molecule has 8 nitrogen and oxygen atoms in total. The maximum absolute atomic E-state index is 12.3. The van der Waals surface area contributed by atoms with Crippen molar-refractivity contribution >= 4 is 22.6 Å². The van der Waals surface area contributed by atoms with Crippen LogP contribution in [-0.4, -0.2) is 37.4 Å². The van der Waals surface area contributed by atoms with Crippen molar-refractivity contribution < 1.29 is 19.0 Å². The molecule has 0 unspecified atom stereocenters. The van der Waals surface area contributed by atoms with Gasteiger partial charge in [0.15, 0.2) is 0 Å². The third-order valence-electron chi connectivity index (χ3n) is 5.75. The number of hydrogen-bond donors (Lipinski definition) is 2.